The first-order valence-corrected chi connectivity index (χ1v) is 7.87. The van der Waals surface area contributed by atoms with Gasteiger partial charge in [-0.3, -0.25) is 4.57 Å². The van der Waals surface area contributed by atoms with Crippen LogP contribution in [0.1, 0.15) is 12.7 Å². The maximum Gasteiger partial charge on any atom is 0.213 e. The third-order valence-electron chi connectivity index (χ3n) is 3.50. The number of pyridine rings is 1. The van der Waals surface area contributed by atoms with Crippen LogP contribution in [0, 0.1) is 6.92 Å². The predicted molar refractivity (Wildman–Crippen MR) is 92.1 cm³/mol. The summed E-state index contributed by atoms with van der Waals surface area (Å²) >= 11 is 6.29. The average Bonchev–Trinajstić information content (AvgIpc) is 2.98. The normalized spacial score (nSPS) is 10.7. The highest BCUT2D eigenvalue weighted by Gasteiger charge is 2.15. The number of benzene rings is 1. The first kappa shape index (κ1) is 16.3. The molecule has 0 saturated heterocycles. The van der Waals surface area contributed by atoms with Gasteiger partial charge in [0.25, 0.3) is 0 Å². The zero-order chi connectivity index (χ0) is 17.1. The monoisotopic (exact) mass is 344 g/mol. The molecule has 2 aromatic heterocycles. The van der Waals surface area contributed by atoms with Crippen LogP contribution >= 0.6 is 11.6 Å². The van der Waals surface area contributed by atoms with Gasteiger partial charge in [-0.15, -0.1) is 10.2 Å². The Bertz CT molecular complexity index is 846. The van der Waals surface area contributed by atoms with Crippen LogP contribution in [-0.4, -0.2) is 33.5 Å². The van der Waals surface area contributed by atoms with Crippen molar-refractivity contribution in [2.45, 2.75) is 13.8 Å². The summed E-state index contributed by atoms with van der Waals surface area (Å²) in [6.45, 7) is 4.36. The molecular weight excluding hydrogens is 328 g/mol. The van der Waals surface area contributed by atoms with Crippen molar-refractivity contribution in [2.75, 3.05) is 13.7 Å². The lowest BCUT2D eigenvalue weighted by Crippen LogP contribution is -2.01. The molecule has 3 aromatic rings. The van der Waals surface area contributed by atoms with Crippen molar-refractivity contribution in [1.29, 1.82) is 0 Å². The number of nitrogens with zero attached hydrogens (tertiary/aromatic N) is 4. The first-order valence-electron chi connectivity index (χ1n) is 7.49. The maximum atomic E-state index is 6.29. The number of rotatable bonds is 5. The Balaban J connectivity index is 2.05. The molecule has 0 spiro atoms. The van der Waals surface area contributed by atoms with Crippen LogP contribution in [0.3, 0.4) is 0 Å². The Kier molecular flexibility index (Phi) is 4.66. The number of aryl methyl sites for hydroxylation is 1. The number of ether oxygens (including phenoxy) is 2. The lowest BCUT2D eigenvalue weighted by Gasteiger charge is -2.11. The average molecular weight is 345 g/mol. The van der Waals surface area contributed by atoms with Crippen LogP contribution in [0.15, 0.2) is 36.5 Å². The molecule has 124 valence electrons. The van der Waals surface area contributed by atoms with Gasteiger partial charge in [0.15, 0.2) is 5.82 Å². The van der Waals surface area contributed by atoms with Crippen molar-refractivity contribution < 1.29 is 9.47 Å². The van der Waals surface area contributed by atoms with E-state index in [1.165, 1.54) is 0 Å². The van der Waals surface area contributed by atoms with E-state index < -0.39 is 0 Å². The smallest absolute Gasteiger partial charge is 0.213 e. The lowest BCUT2D eigenvalue weighted by molar-refractivity contribution is 0.340. The molecule has 2 heterocycles. The topological polar surface area (TPSA) is 62.1 Å². The van der Waals surface area contributed by atoms with Gasteiger partial charge >= 0.3 is 0 Å². The predicted octanol–water partition coefficient (Wildman–Crippen LogP) is 3.70. The van der Waals surface area contributed by atoms with E-state index in [1.807, 2.05) is 42.7 Å². The van der Waals surface area contributed by atoms with Gasteiger partial charge in [-0.2, -0.15) is 0 Å². The second kappa shape index (κ2) is 6.88. The van der Waals surface area contributed by atoms with Gasteiger partial charge in [-0.1, -0.05) is 11.6 Å². The fourth-order valence-electron chi connectivity index (χ4n) is 2.40. The third-order valence-corrected chi connectivity index (χ3v) is 3.80. The highest BCUT2D eigenvalue weighted by Crippen LogP contribution is 2.31. The molecule has 0 saturated carbocycles. The number of halogens is 1. The molecule has 0 N–H and O–H groups in total. The van der Waals surface area contributed by atoms with Crippen molar-refractivity contribution in [3.8, 4) is 28.7 Å². The molecule has 0 aliphatic heterocycles. The van der Waals surface area contributed by atoms with Crippen molar-refractivity contribution in [2.24, 2.45) is 0 Å². The van der Waals surface area contributed by atoms with Crippen molar-refractivity contribution >= 4 is 11.6 Å². The SMILES string of the molecule is CCOc1ccc(-c2nnc(C)n2-c2ccc(OC)nc2)cc1Cl. The summed E-state index contributed by atoms with van der Waals surface area (Å²) in [7, 11) is 1.58. The molecule has 1 aromatic carbocycles. The lowest BCUT2D eigenvalue weighted by atomic mass is 10.2. The van der Waals surface area contributed by atoms with Crippen LogP contribution in [0.5, 0.6) is 11.6 Å². The molecule has 0 radical (unpaired) electrons. The van der Waals surface area contributed by atoms with E-state index in [-0.39, 0.29) is 0 Å². The minimum atomic E-state index is 0.536. The van der Waals surface area contributed by atoms with Gasteiger partial charge in [0, 0.05) is 11.6 Å². The Morgan fingerprint density at radius 2 is 2.00 bits per heavy atom. The van der Waals surface area contributed by atoms with Crippen molar-refractivity contribution in [1.82, 2.24) is 19.7 Å². The summed E-state index contributed by atoms with van der Waals surface area (Å²) in [6, 6.07) is 9.27. The molecule has 0 amide bonds. The fourth-order valence-corrected chi connectivity index (χ4v) is 2.63. The summed E-state index contributed by atoms with van der Waals surface area (Å²) in [6.07, 6.45) is 1.72. The van der Waals surface area contributed by atoms with Crippen LogP contribution < -0.4 is 9.47 Å². The van der Waals surface area contributed by atoms with E-state index in [1.54, 1.807) is 19.4 Å². The molecule has 7 heteroatoms. The molecule has 24 heavy (non-hydrogen) atoms. The number of methoxy groups -OCH3 is 1. The molecule has 0 atom stereocenters. The van der Waals surface area contributed by atoms with Crippen LogP contribution in [0.2, 0.25) is 5.02 Å². The van der Waals surface area contributed by atoms with E-state index in [0.29, 0.717) is 29.1 Å². The standard InChI is InChI=1S/C17H17ClN4O2/c1-4-24-15-7-5-12(9-14(15)18)17-21-20-11(2)22(17)13-6-8-16(23-3)19-10-13/h5-10H,4H2,1-3H3. The van der Waals surface area contributed by atoms with Crippen LogP contribution in [0.4, 0.5) is 0 Å². The van der Waals surface area contributed by atoms with Gasteiger partial charge < -0.3 is 9.47 Å². The third kappa shape index (κ3) is 3.05. The highest BCUT2D eigenvalue weighted by atomic mass is 35.5. The number of hydrogen-bond donors (Lipinski definition) is 0. The summed E-state index contributed by atoms with van der Waals surface area (Å²) < 4.78 is 12.5. The molecular formula is C17H17ClN4O2. The first-order chi connectivity index (χ1) is 11.6. The van der Waals surface area contributed by atoms with Crippen LogP contribution in [0.25, 0.3) is 17.1 Å². The second-order valence-corrected chi connectivity index (χ2v) is 5.45. The molecule has 3 rings (SSSR count). The summed E-state index contributed by atoms with van der Waals surface area (Å²) in [5.41, 5.74) is 1.69. The number of aromatic nitrogens is 4. The zero-order valence-electron chi connectivity index (χ0n) is 13.7. The summed E-state index contributed by atoms with van der Waals surface area (Å²) in [5.74, 6) is 2.64. The minimum Gasteiger partial charge on any atom is -0.492 e. The highest BCUT2D eigenvalue weighted by molar-refractivity contribution is 6.32. The molecule has 0 fully saturated rings. The van der Waals surface area contributed by atoms with Gasteiger partial charge in [0.05, 0.1) is 30.6 Å². The van der Waals surface area contributed by atoms with Gasteiger partial charge in [0.1, 0.15) is 11.6 Å². The van der Waals surface area contributed by atoms with E-state index in [0.717, 1.165) is 17.1 Å². The Morgan fingerprint density at radius 1 is 1.17 bits per heavy atom. The molecule has 6 nitrogen and oxygen atoms in total. The zero-order valence-corrected chi connectivity index (χ0v) is 14.4. The van der Waals surface area contributed by atoms with Gasteiger partial charge in [0.2, 0.25) is 5.88 Å². The van der Waals surface area contributed by atoms with Crippen molar-refractivity contribution in [3.05, 3.63) is 47.4 Å². The van der Waals surface area contributed by atoms with Crippen LogP contribution in [-0.2, 0) is 0 Å². The Hall–Kier alpha value is -2.60. The van der Waals surface area contributed by atoms with Gasteiger partial charge in [-0.05, 0) is 38.1 Å². The van der Waals surface area contributed by atoms with E-state index in [9.17, 15) is 0 Å². The largest absolute Gasteiger partial charge is 0.492 e. The molecule has 0 aliphatic rings. The summed E-state index contributed by atoms with van der Waals surface area (Å²) in [5, 5.41) is 8.99. The minimum absolute atomic E-state index is 0.536. The van der Waals surface area contributed by atoms with E-state index in [2.05, 4.69) is 15.2 Å². The number of hydrogen-bond acceptors (Lipinski definition) is 5. The maximum absolute atomic E-state index is 6.29. The molecule has 0 unspecified atom stereocenters. The van der Waals surface area contributed by atoms with Gasteiger partial charge in [-0.25, -0.2) is 4.98 Å². The molecule has 0 bridgehead atoms. The fraction of sp³-hybridized carbons (Fsp3) is 0.235. The quantitative estimate of drug-likeness (QED) is 0.706. The second-order valence-electron chi connectivity index (χ2n) is 5.04. The van der Waals surface area contributed by atoms with E-state index >= 15 is 0 Å². The Morgan fingerprint density at radius 3 is 2.62 bits per heavy atom. The van der Waals surface area contributed by atoms with Crippen molar-refractivity contribution in [3.63, 3.8) is 0 Å². The Labute approximate surface area is 145 Å². The summed E-state index contributed by atoms with van der Waals surface area (Å²) in [4.78, 5) is 4.24. The van der Waals surface area contributed by atoms with E-state index in [4.69, 9.17) is 21.1 Å². The molecule has 0 aliphatic carbocycles.